The van der Waals surface area contributed by atoms with Crippen molar-refractivity contribution in [1.82, 2.24) is 0 Å². The number of thiophene rings is 1. The summed E-state index contributed by atoms with van der Waals surface area (Å²) in [5.41, 5.74) is 0.943. The molecule has 0 atom stereocenters. The van der Waals surface area contributed by atoms with Gasteiger partial charge in [0, 0.05) is 18.5 Å². The summed E-state index contributed by atoms with van der Waals surface area (Å²) >= 11 is 1.49. The predicted molar refractivity (Wildman–Crippen MR) is 89.9 cm³/mol. The topological polar surface area (TPSA) is 52.6 Å². The third-order valence-corrected chi connectivity index (χ3v) is 4.35. The Morgan fingerprint density at radius 1 is 0.870 bits per heavy atom. The van der Waals surface area contributed by atoms with E-state index in [4.69, 9.17) is 9.47 Å². The fraction of sp³-hybridized carbons (Fsp3) is 0.111. The average Bonchev–Trinajstić information content (AvgIpc) is 2.87. The maximum Gasteiger partial charge on any atom is 0.308 e. The number of ether oxygens (including phenoxy) is 2. The van der Waals surface area contributed by atoms with Gasteiger partial charge in [-0.3, -0.25) is 9.59 Å². The first kappa shape index (κ1) is 15.2. The first-order valence-electron chi connectivity index (χ1n) is 7.04. The van der Waals surface area contributed by atoms with Crippen LogP contribution < -0.4 is 9.47 Å². The highest BCUT2D eigenvalue weighted by molar-refractivity contribution is 7.22. The highest BCUT2D eigenvalue weighted by Crippen LogP contribution is 2.48. The molecule has 0 aliphatic rings. The molecule has 0 fully saturated rings. The van der Waals surface area contributed by atoms with Crippen LogP contribution in [0.2, 0.25) is 0 Å². The second kappa shape index (κ2) is 6.22. The molecular weight excluding hydrogens is 312 g/mol. The van der Waals surface area contributed by atoms with Gasteiger partial charge in [-0.05, 0) is 17.7 Å². The maximum atomic E-state index is 11.5. The summed E-state index contributed by atoms with van der Waals surface area (Å²) in [5.74, 6) is -0.0107. The molecular formula is C18H14O4S. The van der Waals surface area contributed by atoms with Crippen LogP contribution in [0.1, 0.15) is 13.8 Å². The Labute approximate surface area is 137 Å². The van der Waals surface area contributed by atoms with Gasteiger partial charge in [0.15, 0.2) is 5.75 Å². The summed E-state index contributed by atoms with van der Waals surface area (Å²) in [5, 5.41) is 0.641. The summed E-state index contributed by atoms with van der Waals surface area (Å²) < 4.78 is 11.6. The molecule has 0 bridgehead atoms. The lowest BCUT2D eigenvalue weighted by Crippen LogP contribution is -2.04. The molecule has 4 nitrogen and oxygen atoms in total. The second-order valence-corrected chi connectivity index (χ2v) is 6.00. The van der Waals surface area contributed by atoms with E-state index in [1.807, 2.05) is 42.5 Å². The number of carbonyl (C=O) groups excluding carboxylic acids is 2. The zero-order valence-corrected chi connectivity index (χ0v) is 13.5. The van der Waals surface area contributed by atoms with Crippen molar-refractivity contribution in [3.05, 3.63) is 48.5 Å². The molecule has 0 unspecified atom stereocenters. The van der Waals surface area contributed by atoms with E-state index < -0.39 is 11.9 Å². The molecule has 23 heavy (non-hydrogen) atoms. The van der Waals surface area contributed by atoms with Crippen molar-refractivity contribution in [2.75, 3.05) is 0 Å². The van der Waals surface area contributed by atoms with Gasteiger partial charge in [0.25, 0.3) is 0 Å². The van der Waals surface area contributed by atoms with Crippen molar-refractivity contribution in [3.63, 3.8) is 0 Å². The minimum atomic E-state index is -0.418. The van der Waals surface area contributed by atoms with Gasteiger partial charge < -0.3 is 9.47 Å². The van der Waals surface area contributed by atoms with Crippen LogP contribution in [0.3, 0.4) is 0 Å². The Balaban J connectivity index is 2.28. The Bertz CT molecular complexity index is 881. The molecule has 0 aliphatic heterocycles. The van der Waals surface area contributed by atoms with Crippen LogP contribution in [-0.4, -0.2) is 11.9 Å². The standard InChI is InChI=1S/C18H14O4S/c1-11(19)21-14-9-6-10-15-16(14)17(22-12(2)20)18(23-15)13-7-4-3-5-8-13/h3-10H,1-2H3. The quantitative estimate of drug-likeness (QED) is 0.528. The molecule has 0 saturated heterocycles. The van der Waals surface area contributed by atoms with Gasteiger partial charge in [-0.25, -0.2) is 0 Å². The lowest BCUT2D eigenvalue weighted by Gasteiger charge is -2.07. The predicted octanol–water partition coefficient (Wildman–Crippen LogP) is 4.42. The van der Waals surface area contributed by atoms with E-state index in [1.54, 1.807) is 6.07 Å². The molecule has 0 aliphatic carbocycles. The maximum absolute atomic E-state index is 11.5. The van der Waals surface area contributed by atoms with Crippen LogP contribution in [0.5, 0.6) is 11.5 Å². The molecule has 116 valence electrons. The first-order chi connectivity index (χ1) is 11.1. The first-order valence-corrected chi connectivity index (χ1v) is 7.85. The Kier molecular flexibility index (Phi) is 4.12. The third kappa shape index (κ3) is 3.10. The highest BCUT2D eigenvalue weighted by atomic mass is 32.1. The van der Waals surface area contributed by atoms with Gasteiger partial charge in [0.05, 0.1) is 10.3 Å². The molecule has 0 spiro atoms. The van der Waals surface area contributed by atoms with Crippen molar-refractivity contribution < 1.29 is 19.1 Å². The molecule has 3 rings (SSSR count). The molecule has 1 aromatic heterocycles. The minimum absolute atomic E-state index is 0.393. The number of carbonyl (C=O) groups is 2. The van der Waals surface area contributed by atoms with E-state index in [2.05, 4.69) is 0 Å². The van der Waals surface area contributed by atoms with Gasteiger partial charge in [-0.15, -0.1) is 11.3 Å². The molecule has 3 aromatic rings. The van der Waals surface area contributed by atoms with Crippen molar-refractivity contribution in [1.29, 1.82) is 0 Å². The SMILES string of the molecule is CC(=O)Oc1cccc2sc(-c3ccccc3)c(OC(C)=O)c12. The molecule has 1 heterocycles. The molecule has 2 aromatic carbocycles. The minimum Gasteiger partial charge on any atom is -0.426 e. The normalized spacial score (nSPS) is 10.5. The van der Waals surface area contributed by atoms with Crippen LogP contribution >= 0.6 is 11.3 Å². The Morgan fingerprint density at radius 2 is 1.57 bits per heavy atom. The third-order valence-electron chi connectivity index (χ3n) is 3.17. The molecule has 0 N–H and O–H groups in total. The zero-order valence-electron chi connectivity index (χ0n) is 12.7. The van der Waals surface area contributed by atoms with Crippen LogP contribution in [0.4, 0.5) is 0 Å². The van der Waals surface area contributed by atoms with E-state index in [1.165, 1.54) is 25.2 Å². The summed E-state index contributed by atoms with van der Waals surface area (Å²) in [6.07, 6.45) is 0. The average molecular weight is 326 g/mol. The van der Waals surface area contributed by atoms with Gasteiger partial charge in [-0.2, -0.15) is 0 Å². The monoisotopic (exact) mass is 326 g/mol. The van der Waals surface area contributed by atoms with E-state index in [0.29, 0.717) is 16.9 Å². The van der Waals surface area contributed by atoms with Crippen molar-refractivity contribution >= 4 is 33.4 Å². The molecule has 5 heteroatoms. The van der Waals surface area contributed by atoms with Gasteiger partial charge in [-0.1, -0.05) is 36.4 Å². The summed E-state index contributed by atoms with van der Waals surface area (Å²) in [6.45, 7) is 2.70. The lowest BCUT2D eigenvalue weighted by atomic mass is 10.1. The Hall–Kier alpha value is -2.66. The smallest absolute Gasteiger partial charge is 0.308 e. The van der Waals surface area contributed by atoms with Gasteiger partial charge in [0.1, 0.15) is 5.75 Å². The summed E-state index contributed by atoms with van der Waals surface area (Å²) in [4.78, 5) is 23.7. The number of esters is 2. The van der Waals surface area contributed by atoms with E-state index in [-0.39, 0.29) is 0 Å². The summed E-state index contributed by atoms with van der Waals surface area (Å²) in [7, 11) is 0. The van der Waals surface area contributed by atoms with Gasteiger partial charge in [0.2, 0.25) is 0 Å². The van der Waals surface area contributed by atoms with Crippen LogP contribution in [0.25, 0.3) is 20.5 Å². The van der Waals surface area contributed by atoms with Crippen LogP contribution in [-0.2, 0) is 9.59 Å². The largest absolute Gasteiger partial charge is 0.426 e. The van der Waals surface area contributed by atoms with Crippen molar-refractivity contribution in [2.24, 2.45) is 0 Å². The van der Waals surface area contributed by atoms with Crippen molar-refractivity contribution in [2.45, 2.75) is 13.8 Å². The fourth-order valence-electron chi connectivity index (χ4n) is 2.35. The number of hydrogen-bond donors (Lipinski definition) is 0. The van der Waals surface area contributed by atoms with E-state index >= 15 is 0 Å². The zero-order chi connectivity index (χ0) is 16.4. The second-order valence-electron chi connectivity index (χ2n) is 4.94. The van der Waals surface area contributed by atoms with Crippen LogP contribution in [0, 0.1) is 0 Å². The number of hydrogen-bond acceptors (Lipinski definition) is 5. The molecule has 0 radical (unpaired) electrons. The van der Waals surface area contributed by atoms with E-state index in [9.17, 15) is 9.59 Å². The van der Waals surface area contributed by atoms with E-state index in [0.717, 1.165) is 15.1 Å². The number of benzene rings is 2. The number of rotatable bonds is 3. The van der Waals surface area contributed by atoms with Crippen LogP contribution in [0.15, 0.2) is 48.5 Å². The van der Waals surface area contributed by atoms with Crippen molar-refractivity contribution in [3.8, 4) is 21.9 Å². The highest BCUT2D eigenvalue weighted by Gasteiger charge is 2.20. The Morgan fingerprint density at radius 3 is 2.22 bits per heavy atom. The van der Waals surface area contributed by atoms with Gasteiger partial charge >= 0.3 is 11.9 Å². The lowest BCUT2D eigenvalue weighted by molar-refractivity contribution is -0.132. The molecule has 0 amide bonds. The number of fused-ring (bicyclic) bond motifs is 1. The summed E-state index contributed by atoms with van der Waals surface area (Å²) in [6, 6.07) is 15.1. The fourth-order valence-corrected chi connectivity index (χ4v) is 3.50. The molecule has 0 saturated carbocycles.